The first kappa shape index (κ1) is 22.0. The predicted octanol–water partition coefficient (Wildman–Crippen LogP) is 1.76. The summed E-state index contributed by atoms with van der Waals surface area (Å²) in [6.07, 6.45) is 0.777. The smallest absolute Gasteiger partial charge is 0.368 e. The molecule has 0 atom stereocenters. The number of carbonyl (C=O) groups is 2. The Morgan fingerprint density at radius 1 is 0.739 bits per heavy atom. The van der Waals surface area contributed by atoms with E-state index in [0.717, 1.165) is 48.7 Å². The first-order valence-electron chi connectivity index (χ1n) is 6.01. The lowest BCUT2D eigenvalue weighted by Gasteiger charge is -2.23. The van der Waals surface area contributed by atoms with Crippen LogP contribution in [0.1, 0.15) is 0 Å². The van der Waals surface area contributed by atoms with Crippen LogP contribution in [0, 0.1) is 5.92 Å². The van der Waals surface area contributed by atoms with Crippen molar-refractivity contribution in [2.24, 2.45) is 5.92 Å². The summed E-state index contributed by atoms with van der Waals surface area (Å²) in [4.78, 5) is 23.5. The average Bonchev–Trinajstić information content (AvgIpc) is 2.59. The summed E-state index contributed by atoms with van der Waals surface area (Å²) in [5.41, 5.74) is 0. The van der Waals surface area contributed by atoms with E-state index in [1.54, 1.807) is 0 Å². The van der Waals surface area contributed by atoms with Crippen LogP contribution in [0.15, 0.2) is 11.1 Å². The first-order chi connectivity index (χ1) is 10.7. The standard InChI is InChI=1S/C11H20O10P2/c1-16-10(12)8(11(13)17-2)7-9(22(14,18-3)19-4)23(15,20-5)21-6/h7-8H,1-6H3. The summed E-state index contributed by atoms with van der Waals surface area (Å²) < 4.78 is 53.2. The molecule has 0 spiro atoms. The monoisotopic (exact) mass is 374 g/mol. The van der Waals surface area contributed by atoms with Crippen LogP contribution in [0.2, 0.25) is 0 Å². The predicted molar refractivity (Wildman–Crippen MR) is 78.9 cm³/mol. The van der Waals surface area contributed by atoms with Crippen molar-refractivity contribution in [1.29, 1.82) is 0 Å². The maximum Gasteiger partial charge on any atom is 0.368 e. The third-order valence-corrected chi connectivity index (χ3v) is 7.56. The SMILES string of the molecule is COC(=O)C(C=C(P(=O)(OC)OC)P(=O)(OC)OC)C(=O)OC. The van der Waals surface area contributed by atoms with Crippen molar-refractivity contribution in [3.05, 3.63) is 11.1 Å². The number of ether oxygens (including phenoxy) is 2. The molecular weight excluding hydrogens is 354 g/mol. The van der Waals surface area contributed by atoms with Crippen LogP contribution < -0.4 is 0 Å². The van der Waals surface area contributed by atoms with E-state index in [1.165, 1.54) is 0 Å². The van der Waals surface area contributed by atoms with Gasteiger partial charge >= 0.3 is 27.1 Å². The molecule has 0 aliphatic carbocycles. The van der Waals surface area contributed by atoms with Gasteiger partial charge < -0.3 is 27.6 Å². The van der Waals surface area contributed by atoms with Gasteiger partial charge in [-0.2, -0.15) is 0 Å². The van der Waals surface area contributed by atoms with Gasteiger partial charge in [-0.1, -0.05) is 0 Å². The van der Waals surface area contributed by atoms with E-state index in [-0.39, 0.29) is 0 Å². The summed E-state index contributed by atoms with van der Waals surface area (Å²) in [5, 5.41) is -0.624. The van der Waals surface area contributed by atoms with Gasteiger partial charge in [0.25, 0.3) is 0 Å². The Hall–Kier alpha value is -1.02. The lowest BCUT2D eigenvalue weighted by Crippen LogP contribution is -2.25. The molecule has 0 rings (SSSR count). The highest BCUT2D eigenvalue weighted by Crippen LogP contribution is 2.73. The van der Waals surface area contributed by atoms with Crippen molar-refractivity contribution in [2.75, 3.05) is 42.7 Å². The molecule has 134 valence electrons. The highest BCUT2D eigenvalue weighted by Gasteiger charge is 2.45. The molecule has 0 saturated carbocycles. The van der Waals surface area contributed by atoms with Crippen molar-refractivity contribution in [2.45, 2.75) is 0 Å². The summed E-state index contributed by atoms with van der Waals surface area (Å²) in [7, 11) is -2.16. The normalized spacial score (nSPS) is 12.0. The van der Waals surface area contributed by atoms with Crippen LogP contribution in [-0.2, 0) is 46.3 Å². The van der Waals surface area contributed by atoms with E-state index in [0.29, 0.717) is 0 Å². The number of carbonyl (C=O) groups excluding carboxylic acids is 2. The zero-order valence-electron chi connectivity index (χ0n) is 13.6. The topological polar surface area (TPSA) is 124 Å². The molecule has 0 N–H and O–H groups in total. The van der Waals surface area contributed by atoms with E-state index in [9.17, 15) is 18.7 Å². The van der Waals surface area contributed by atoms with Gasteiger partial charge in [0, 0.05) is 28.4 Å². The second-order valence-electron chi connectivity index (χ2n) is 3.77. The van der Waals surface area contributed by atoms with Crippen molar-refractivity contribution in [3.8, 4) is 0 Å². The second kappa shape index (κ2) is 9.32. The molecule has 0 saturated heterocycles. The van der Waals surface area contributed by atoms with Gasteiger partial charge in [0.15, 0.2) is 11.0 Å². The van der Waals surface area contributed by atoms with E-state index >= 15 is 0 Å². The molecule has 0 aliphatic rings. The fourth-order valence-corrected chi connectivity index (χ4v) is 5.38. The number of esters is 2. The second-order valence-corrected chi connectivity index (χ2v) is 8.54. The van der Waals surface area contributed by atoms with Crippen LogP contribution in [-0.4, -0.2) is 54.6 Å². The Kier molecular flexibility index (Phi) is 8.90. The molecule has 0 amide bonds. The van der Waals surface area contributed by atoms with E-state index in [1.807, 2.05) is 0 Å². The van der Waals surface area contributed by atoms with E-state index in [2.05, 4.69) is 9.47 Å². The van der Waals surface area contributed by atoms with Gasteiger partial charge in [-0.15, -0.1) is 0 Å². The van der Waals surface area contributed by atoms with Crippen LogP contribution in [0.3, 0.4) is 0 Å². The average molecular weight is 374 g/mol. The molecule has 0 fully saturated rings. The molecule has 0 heterocycles. The minimum Gasteiger partial charge on any atom is -0.468 e. The quantitative estimate of drug-likeness (QED) is 0.335. The third kappa shape index (κ3) is 4.97. The Labute approximate surface area is 134 Å². The Morgan fingerprint density at radius 2 is 1.04 bits per heavy atom. The van der Waals surface area contributed by atoms with Gasteiger partial charge in [-0.25, -0.2) is 0 Å². The summed E-state index contributed by atoms with van der Waals surface area (Å²) in [6, 6.07) is 0. The van der Waals surface area contributed by atoms with Crippen molar-refractivity contribution in [1.82, 2.24) is 0 Å². The molecule has 0 aromatic rings. The first-order valence-corrected chi connectivity index (χ1v) is 9.09. The number of rotatable bonds is 9. The lowest BCUT2D eigenvalue weighted by molar-refractivity contribution is -0.156. The maximum absolute atomic E-state index is 12.6. The molecule has 0 unspecified atom stereocenters. The largest absolute Gasteiger partial charge is 0.468 e. The zero-order chi connectivity index (χ0) is 18.3. The fraction of sp³-hybridized carbons (Fsp3) is 0.636. The number of hydrogen-bond acceptors (Lipinski definition) is 10. The zero-order valence-corrected chi connectivity index (χ0v) is 15.4. The van der Waals surface area contributed by atoms with Gasteiger partial charge in [0.2, 0.25) is 0 Å². The van der Waals surface area contributed by atoms with Crippen LogP contribution in [0.25, 0.3) is 0 Å². The Bertz CT molecular complexity index is 495. The molecule has 0 radical (unpaired) electrons. The van der Waals surface area contributed by atoms with Crippen molar-refractivity contribution >= 4 is 27.1 Å². The summed E-state index contributed by atoms with van der Waals surface area (Å²) in [6.45, 7) is 0. The fourth-order valence-electron chi connectivity index (χ4n) is 1.49. The van der Waals surface area contributed by atoms with Gasteiger partial charge in [-0.05, 0) is 6.08 Å². The summed E-state index contributed by atoms with van der Waals surface area (Å²) in [5.74, 6) is -3.74. The Morgan fingerprint density at radius 3 is 1.26 bits per heavy atom. The molecule has 10 nitrogen and oxygen atoms in total. The Balaban J connectivity index is 6.42. The highest BCUT2D eigenvalue weighted by atomic mass is 31.2. The van der Waals surface area contributed by atoms with Crippen molar-refractivity contribution in [3.63, 3.8) is 0 Å². The minimum absolute atomic E-state index is 0.624. The number of hydrogen-bond donors (Lipinski definition) is 0. The van der Waals surface area contributed by atoms with Crippen LogP contribution in [0.4, 0.5) is 0 Å². The van der Waals surface area contributed by atoms with Crippen LogP contribution >= 0.6 is 15.2 Å². The summed E-state index contributed by atoms with van der Waals surface area (Å²) >= 11 is 0. The molecular formula is C11H20O10P2. The molecule has 0 aromatic heterocycles. The molecule has 0 aliphatic heterocycles. The van der Waals surface area contributed by atoms with E-state index < -0.39 is 38.1 Å². The van der Waals surface area contributed by atoms with Gasteiger partial charge in [-0.3, -0.25) is 18.7 Å². The highest BCUT2D eigenvalue weighted by molar-refractivity contribution is 7.78. The molecule has 0 aromatic carbocycles. The van der Waals surface area contributed by atoms with Gasteiger partial charge in [0.05, 0.1) is 14.2 Å². The molecule has 12 heteroatoms. The van der Waals surface area contributed by atoms with Crippen molar-refractivity contribution < 1.29 is 46.3 Å². The number of methoxy groups -OCH3 is 2. The maximum atomic E-state index is 12.6. The van der Waals surface area contributed by atoms with Gasteiger partial charge in [0.1, 0.15) is 0 Å². The molecule has 23 heavy (non-hydrogen) atoms. The minimum atomic E-state index is -4.17. The molecule has 0 bridgehead atoms. The lowest BCUT2D eigenvalue weighted by atomic mass is 10.1. The van der Waals surface area contributed by atoms with E-state index in [4.69, 9.17) is 18.1 Å². The third-order valence-electron chi connectivity index (χ3n) is 2.75. The van der Waals surface area contributed by atoms with Crippen LogP contribution in [0.5, 0.6) is 0 Å².